The number of carbonyl (C=O) groups excluding carboxylic acids is 1. The van der Waals surface area contributed by atoms with Gasteiger partial charge in [-0.2, -0.15) is 0 Å². The predicted octanol–water partition coefficient (Wildman–Crippen LogP) is 2.08. The summed E-state index contributed by atoms with van der Waals surface area (Å²) >= 11 is 0. The number of piperazine rings is 1. The summed E-state index contributed by atoms with van der Waals surface area (Å²) in [4.78, 5) is 14.8. The highest BCUT2D eigenvalue weighted by Gasteiger charge is 2.31. The number of nitrogens with zero attached hydrogens (tertiary/aromatic N) is 1. The van der Waals surface area contributed by atoms with Crippen molar-refractivity contribution in [3.8, 4) is 5.75 Å². The van der Waals surface area contributed by atoms with Gasteiger partial charge in [-0.15, -0.1) is 0 Å². The minimum Gasteiger partial charge on any atom is -0.496 e. The van der Waals surface area contributed by atoms with Crippen LogP contribution in [0, 0.1) is 5.92 Å². The number of methoxy groups -OCH3 is 1. The number of benzene rings is 1. The molecule has 116 valence electrons. The number of carbonyl (C=O) groups is 1. The Morgan fingerprint density at radius 1 is 1.43 bits per heavy atom. The molecule has 1 aliphatic rings. The highest BCUT2D eigenvalue weighted by atomic mass is 16.5. The molecular weight excluding hydrogens is 264 g/mol. The highest BCUT2D eigenvalue weighted by molar-refractivity contribution is 5.80. The van der Waals surface area contributed by atoms with Crippen molar-refractivity contribution in [2.75, 3.05) is 20.2 Å². The van der Waals surface area contributed by atoms with Crippen LogP contribution < -0.4 is 10.1 Å². The lowest BCUT2D eigenvalue weighted by Crippen LogP contribution is -2.59. The van der Waals surface area contributed by atoms with Gasteiger partial charge in [0, 0.05) is 30.7 Å². The quantitative estimate of drug-likeness (QED) is 0.923. The molecule has 1 fully saturated rings. The SMILES string of the molecule is COc1ccccc1CC(=O)N1CC(C)NCC1C(C)C. The molecule has 1 aromatic carbocycles. The van der Waals surface area contributed by atoms with Crippen molar-refractivity contribution in [3.05, 3.63) is 29.8 Å². The standard InChI is InChI=1S/C17H26N2O2/c1-12(2)15-10-18-13(3)11-19(15)17(20)9-14-7-5-6-8-16(14)21-4/h5-8,12-13,15,18H,9-11H2,1-4H3. The number of amides is 1. The lowest BCUT2D eigenvalue weighted by molar-refractivity contribution is -0.135. The molecule has 4 heteroatoms. The smallest absolute Gasteiger partial charge is 0.227 e. The Bertz CT molecular complexity index is 487. The molecule has 0 aliphatic carbocycles. The second kappa shape index (κ2) is 6.94. The van der Waals surface area contributed by atoms with E-state index in [0.29, 0.717) is 18.4 Å². The van der Waals surface area contributed by atoms with Crippen LogP contribution in [-0.4, -0.2) is 43.1 Å². The van der Waals surface area contributed by atoms with Gasteiger partial charge in [0.1, 0.15) is 5.75 Å². The fourth-order valence-electron chi connectivity index (χ4n) is 2.92. The van der Waals surface area contributed by atoms with E-state index in [1.54, 1.807) is 7.11 Å². The summed E-state index contributed by atoms with van der Waals surface area (Å²) in [6.45, 7) is 8.12. The maximum absolute atomic E-state index is 12.7. The first-order valence-corrected chi connectivity index (χ1v) is 7.67. The Hall–Kier alpha value is -1.55. The maximum atomic E-state index is 12.7. The zero-order valence-corrected chi connectivity index (χ0v) is 13.4. The minimum absolute atomic E-state index is 0.187. The molecule has 2 unspecified atom stereocenters. The van der Waals surface area contributed by atoms with Crippen molar-refractivity contribution < 1.29 is 9.53 Å². The number of para-hydroxylation sites is 1. The van der Waals surface area contributed by atoms with E-state index in [4.69, 9.17) is 4.74 Å². The van der Waals surface area contributed by atoms with Gasteiger partial charge in [0.25, 0.3) is 0 Å². The van der Waals surface area contributed by atoms with Crippen molar-refractivity contribution in [2.24, 2.45) is 5.92 Å². The van der Waals surface area contributed by atoms with E-state index in [1.165, 1.54) is 0 Å². The summed E-state index contributed by atoms with van der Waals surface area (Å²) in [5.41, 5.74) is 0.957. The maximum Gasteiger partial charge on any atom is 0.227 e. The van der Waals surface area contributed by atoms with Crippen molar-refractivity contribution >= 4 is 5.91 Å². The van der Waals surface area contributed by atoms with Crippen LogP contribution in [-0.2, 0) is 11.2 Å². The first kappa shape index (κ1) is 15.8. The molecule has 2 atom stereocenters. The average molecular weight is 290 g/mol. The Morgan fingerprint density at radius 3 is 2.81 bits per heavy atom. The Balaban J connectivity index is 2.13. The first-order valence-electron chi connectivity index (χ1n) is 7.67. The van der Waals surface area contributed by atoms with Crippen molar-refractivity contribution in [2.45, 2.75) is 39.3 Å². The van der Waals surface area contributed by atoms with Gasteiger partial charge in [-0.25, -0.2) is 0 Å². The molecule has 1 saturated heterocycles. The third-order valence-corrected chi connectivity index (χ3v) is 4.17. The number of hydrogen-bond acceptors (Lipinski definition) is 3. The topological polar surface area (TPSA) is 41.6 Å². The van der Waals surface area contributed by atoms with Crippen molar-refractivity contribution in [3.63, 3.8) is 0 Å². The second-order valence-electron chi connectivity index (χ2n) is 6.16. The molecule has 0 radical (unpaired) electrons. The number of rotatable bonds is 4. The first-order chi connectivity index (χ1) is 10.0. The van der Waals surface area contributed by atoms with Gasteiger partial charge < -0.3 is 15.0 Å². The van der Waals surface area contributed by atoms with Crippen LogP contribution in [0.1, 0.15) is 26.3 Å². The number of nitrogens with one attached hydrogen (secondary N) is 1. The summed E-state index contributed by atoms with van der Waals surface area (Å²) < 4.78 is 5.35. The molecule has 4 nitrogen and oxygen atoms in total. The third kappa shape index (κ3) is 3.76. The summed E-state index contributed by atoms with van der Waals surface area (Å²) in [6.07, 6.45) is 0.403. The van der Waals surface area contributed by atoms with Crippen LogP contribution in [0.15, 0.2) is 24.3 Å². The minimum atomic E-state index is 0.187. The summed E-state index contributed by atoms with van der Waals surface area (Å²) in [5, 5.41) is 3.47. The fourth-order valence-corrected chi connectivity index (χ4v) is 2.92. The zero-order valence-electron chi connectivity index (χ0n) is 13.4. The zero-order chi connectivity index (χ0) is 15.4. The molecule has 1 aliphatic heterocycles. The molecule has 1 aromatic rings. The van der Waals surface area contributed by atoms with E-state index in [1.807, 2.05) is 29.2 Å². The molecule has 2 rings (SSSR count). The molecule has 0 bridgehead atoms. The highest BCUT2D eigenvalue weighted by Crippen LogP contribution is 2.21. The second-order valence-corrected chi connectivity index (χ2v) is 6.16. The van der Waals surface area contributed by atoms with Crippen LogP contribution in [0.5, 0.6) is 5.75 Å². The third-order valence-electron chi connectivity index (χ3n) is 4.17. The molecule has 0 saturated carbocycles. The average Bonchev–Trinajstić information content (AvgIpc) is 2.47. The monoisotopic (exact) mass is 290 g/mol. The van der Waals surface area contributed by atoms with Gasteiger partial charge >= 0.3 is 0 Å². The van der Waals surface area contributed by atoms with Crippen LogP contribution in [0.25, 0.3) is 0 Å². The van der Waals surface area contributed by atoms with E-state index in [9.17, 15) is 4.79 Å². The molecule has 1 heterocycles. The number of ether oxygens (including phenoxy) is 1. The van der Waals surface area contributed by atoms with Gasteiger partial charge in [-0.1, -0.05) is 32.0 Å². The molecule has 1 N–H and O–H groups in total. The summed E-state index contributed by atoms with van der Waals surface area (Å²) in [7, 11) is 1.65. The largest absolute Gasteiger partial charge is 0.496 e. The van der Waals surface area contributed by atoms with Crippen LogP contribution >= 0.6 is 0 Å². The lowest BCUT2D eigenvalue weighted by Gasteiger charge is -2.41. The van der Waals surface area contributed by atoms with E-state index < -0.39 is 0 Å². The van der Waals surface area contributed by atoms with Gasteiger partial charge in [-0.05, 0) is 18.9 Å². The fraction of sp³-hybridized carbons (Fsp3) is 0.588. The van der Waals surface area contributed by atoms with Gasteiger partial charge in [0.05, 0.1) is 13.5 Å². The van der Waals surface area contributed by atoms with Crippen molar-refractivity contribution in [1.82, 2.24) is 10.2 Å². The molecular formula is C17H26N2O2. The van der Waals surface area contributed by atoms with Gasteiger partial charge in [0.15, 0.2) is 0 Å². The van der Waals surface area contributed by atoms with E-state index >= 15 is 0 Å². The summed E-state index contributed by atoms with van der Waals surface area (Å²) in [6, 6.07) is 8.36. The predicted molar refractivity (Wildman–Crippen MR) is 84.5 cm³/mol. The molecule has 0 aromatic heterocycles. The van der Waals surface area contributed by atoms with Gasteiger partial charge in [-0.3, -0.25) is 4.79 Å². The normalized spacial score (nSPS) is 22.4. The van der Waals surface area contributed by atoms with Crippen LogP contribution in [0.2, 0.25) is 0 Å². The van der Waals surface area contributed by atoms with Crippen molar-refractivity contribution in [1.29, 1.82) is 0 Å². The van der Waals surface area contributed by atoms with Crippen LogP contribution in [0.4, 0.5) is 0 Å². The van der Waals surface area contributed by atoms with E-state index in [2.05, 4.69) is 26.1 Å². The summed E-state index contributed by atoms with van der Waals surface area (Å²) in [5.74, 6) is 1.42. The molecule has 1 amide bonds. The Kier molecular flexibility index (Phi) is 5.23. The Morgan fingerprint density at radius 2 is 2.14 bits per heavy atom. The van der Waals surface area contributed by atoms with E-state index in [-0.39, 0.29) is 11.9 Å². The molecule has 21 heavy (non-hydrogen) atoms. The molecule has 0 spiro atoms. The van der Waals surface area contributed by atoms with Gasteiger partial charge in [0.2, 0.25) is 5.91 Å². The number of hydrogen-bond donors (Lipinski definition) is 1. The van der Waals surface area contributed by atoms with Crippen LogP contribution in [0.3, 0.4) is 0 Å². The van der Waals surface area contributed by atoms with E-state index in [0.717, 1.165) is 24.4 Å². The Labute approximate surface area is 127 Å². The lowest BCUT2D eigenvalue weighted by atomic mass is 9.97.